The summed E-state index contributed by atoms with van der Waals surface area (Å²) in [7, 11) is 0. The third-order valence-corrected chi connectivity index (χ3v) is 6.34. The lowest BCUT2D eigenvalue weighted by molar-refractivity contribution is -0.196. The van der Waals surface area contributed by atoms with E-state index in [1.165, 1.54) is 12.8 Å². The molecule has 2 aliphatic heterocycles. The van der Waals surface area contributed by atoms with Crippen molar-refractivity contribution >= 4 is 6.09 Å². The van der Waals surface area contributed by atoms with E-state index in [0.29, 0.717) is 24.1 Å². The van der Waals surface area contributed by atoms with Crippen LogP contribution in [0.25, 0.3) is 0 Å². The molecule has 0 aromatic carbocycles. The Kier molecular flexibility index (Phi) is 5.11. The van der Waals surface area contributed by atoms with Gasteiger partial charge in [0.2, 0.25) is 0 Å². The van der Waals surface area contributed by atoms with Crippen LogP contribution < -0.4 is 5.32 Å². The average Bonchev–Trinajstić information content (AvgIpc) is 2.52. The van der Waals surface area contributed by atoms with E-state index < -0.39 is 5.60 Å². The van der Waals surface area contributed by atoms with E-state index in [0.717, 1.165) is 26.0 Å². The van der Waals surface area contributed by atoms with Gasteiger partial charge in [0.15, 0.2) is 0 Å². The highest BCUT2D eigenvalue weighted by atomic mass is 16.6. The molecule has 3 aliphatic rings. The van der Waals surface area contributed by atoms with Gasteiger partial charge in [0, 0.05) is 42.6 Å². The number of hydrogen-bond acceptors (Lipinski definition) is 4. The van der Waals surface area contributed by atoms with Gasteiger partial charge in [-0.15, -0.1) is 0 Å². The quantitative estimate of drug-likeness (QED) is 0.825. The van der Waals surface area contributed by atoms with E-state index in [4.69, 9.17) is 9.47 Å². The van der Waals surface area contributed by atoms with Crippen LogP contribution in [0.4, 0.5) is 4.79 Å². The number of nitrogens with zero attached hydrogens (tertiary/aromatic N) is 1. The van der Waals surface area contributed by atoms with Crippen molar-refractivity contribution in [1.29, 1.82) is 0 Å². The Labute approximate surface area is 152 Å². The summed E-state index contributed by atoms with van der Waals surface area (Å²) >= 11 is 0. The normalized spacial score (nSPS) is 37.8. The maximum atomic E-state index is 12.6. The van der Waals surface area contributed by atoms with E-state index in [-0.39, 0.29) is 17.6 Å². The van der Waals surface area contributed by atoms with Gasteiger partial charge >= 0.3 is 6.09 Å². The Morgan fingerprint density at radius 2 is 1.96 bits per heavy atom. The summed E-state index contributed by atoms with van der Waals surface area (Å²) < 4.78 is 11.6. The highest BCUT2D eigenvalue weighted by Gasteiger charge is 2.58. The van der Waals surface area contributed by atoms with E-state index in [1.54, 1.807) is 0 Å². The molecule has 1 amide bonds. The highest BCUT2D eigenvalue weighted by Crippen LogP contribution is 2.51. The van der Waals surface area contributed by atoms with Crippen LogP contribution >= 0.6 is 0 Å². The van der Waals surface area contributed by atoms with Crippen molar-refractivity contribution in [2.24, 2.45) is 11.3 Å². The summed E-state index contributed by atoms with van der Waals surface area (Å²) in [5.41, 5.74) is -0.279. The molecule has 0 spiro atoms. The number of carbonyl (C=O) groups is 1. The zero-order valence-corrected chi connectivity index (χ0v) is 16.8. The summed E-state index contributed by atoms with van der Waals surface area (Å²) in [5.74, 6) is 0.618. The van der Waals surface area contributed by atoms with Crippen LogP contribution in [0.1, 0.15) is 67.2 Å². The molecule has 5 unspecified atom stereocenters. The molecule has 3 rings (SSSR count). The molecule has 0 bridgehead atoms. The Morgan fingerprint density at radius 1 is 1.24 bits per heavy atom. The first-order chi connectivity index (χ1) is 11.6. The largest absolute Gasteiger partial charge is 0.444 e. The molecule has 1 aliphatic carbocycles. The number of nitrogens with one attached hydrogen (secondary N) is 1. The molecule has 5 nitrogen and oxygen atoms in total. The van der Waals surface area contributed by atoms with Crippen LogP contribution in [-0.2, 0) is 9.47 Å². The van der Waals surface area contributed by atoms with Crippen LogP contribution in [-0.4, -0.2) is 54.0 Å². The topological polar surface area (TPSA) is 50.8 Å². The second-order valence-corrected chi connectivity index (χ2v) is 9.73. The van der Waals surface area contributed by atoms with Gasteiger partial charge in [-0.1, -0.05) is 13.8 Å². The number of hydrogen-bond donors (Lipinski definition) is 1. The first-order valence-electron chi connectivity index (χ1n) is 9.98. The first-order valence-corrected chi connectivity index (χ1v) is 9.98. The van der Waals surface area contributed by atoms with Gasteiger partial charge in [0.1, 0.15) is 5.60 Å². The summed E-state index contributed by atoms with van der Waals surface area (Å²) in [6, 6.07) is 0.959. The lowest BCUT2D eigenvalue weighted by Gasteiger charge is -2.61. The summed E-state index contributed by atoms with van der Waals surface area (Å²) in [6.07, 6.45) is 4.77. The molecule has 0 aromatic heterocycles. The molecule has 25 heavy (non-hydrogen) atoms. The van der Waals surface area contributed by atoms with Gasteiger partial charge in [-0.2, -0.15) is 0 Å². The monoisotopic (exact) mass is 352 g/mol. The number of fused-ring (bicyclic) bond motifs is 1. The van der Waals surface area contributed by atoms with E-state index >= 15 is 0 Å². The molecule has 5 heteroatoms. The number of amides is 1. The van der Waals surface area contributed by atoms with Crippen LogP contribution in [0.5, 0.6) is 0 Å². The zero-order valence-electron chi connectivity index (χ0n) is 16.8. The van der Waals surface area contributed by atoms with Gasteiger partial charge in [0.25, 0.3) is 0 Å². The molecular formula is C20H36N2O3. The molecule has 3 fully saturated rings. The summed E-state index contributed by atoms with van der Waals surface area (Å²) in [5, 5.41) is 3.91. The minimum atomic E-state index is -0.445. The van der Waals surface area contributed by atoms with E-state index in [1.807, 2.05) is 25.7 Å². The first kappa shape index (κ1) is 19.0. The lowest BCUT2D eigenvalue weighted by atomic mass is 9.55. The predicted molar refractivity (Wildman–Crippen MR) is 98.6 cm³/mol. The van der Waals surface area contributed by atoms with Crippen molar-refractivity contribution in [3.63, 3.8) is 0 Å². The maximum Gasteiger partial charge on any atom is 0.410 e. The van der Waals surface area contributed by atoms with Gasteiger partial charge in [-0.3, -0.25) is 0 Å². The lowest BCUT2D eigenvalue weighted by Crippen LogP contribution is -2.72. The van der Waals surface area contributed by atoms with E-state index in [9.17, 15) is 4.79 Å². The molecule has 0 radical (unpaired) electrons. The second-order valence-electron chi connectivity index (χ2n) is 9.73. The van der Waals surface area contributed by atoms with Crippen molar-refractivity contribution in [2.45, 2.75) is 97.1 Å². The minimum absolute atomic E-state index is 0.156. The fraction of sp³-hybridized carbons (Fsp3) is 0.950. The van der Waals surface area contributed by atoms with E-state index in [2.05, 4.69) is 26.1 Å². The number of carbonyl (C=O) groups excluding carboxylic acids is 1. The van der Waals surface area contributed by atoms with Gasteiger partial charge in [-0.25, -0.2) is 4.79 Å². The minimum Gasteiger partial charge on any atom is -0.444 e. The zero-order chi connectivity index (χ0) is 18.4. The molecule has 2 saturated heterocycles. The van der Waals surface area contributed by atoms with Gasteiger partial charge < -0.3 is 19.7 Å². The maximum absolute atomic E-state index is 12.6. The summed E-state index contributed by atoms with van der Waals surface area (Å²) in [4.78, 5) is 14.5. The van der Waals surface area contributed by atoms with Crippen LogP contribution in [0.15, 0.2) is 0 Å². The molecular weight excluding hydrogens is 316 g/mol. The van der Waals surface area contributed by atoms with Crippen LogP contribution in [0.3, 0.4) is 0 Å². The second kappa shape index (κ2) is 6.73. The smallest absolute Gasteiger partial charge is 0.410 e. The third-order valence-electron chi connectivity index (χ3n) is 6.34. The highest BCUT2D eigenvalue weighted by molar-refractivity contribution is 5.68. The van der Waals surface area contributed by atoms with Crippen molar-refractivity contribution in [1.82, 2.24) is 10.2 Å². The fourth-order valence-corrected chi connectivity index (χ4v) is 5.04. The molecule has 144 valence electrons. The Hall–Kier alpha value is -0.810. The average molecular weight is 353 g/mol. The van der Waals surface area contributed by atoms with Crippen molar-refractivity contribution in [3.05, 3.63) is 0 Å². The number of piperidine rings is 1. The predicted octanol–water partition coefficient (Wildman–Crippen LogP) is 3.57. The van der Waals surface area contributed by atoms with Crippen LogP contribution in [0, 0.1) is 11.3 Å². The number of rotatable bonds is 2. The molecule has 2 heterocycles. The third kappa shape index (κ3) is 3.68. The Bertz CT molecular complexity index is 500. The van der Waals surface area contributed by atoms with Crippen molar-refractivity contribution in [2.75, 3.05) is 13.2 Å². The van der Waals surface area contributed by atoms with Gasteiger partial charge in [-0.05, 0) is 53.4 Å². The SMILES string of the molecule is CC1C(NC2C3CCCOC3C2(C)C)CCCN1C(=O)OC(C)(C)C. The van der Waals surface area contributed by atoms with Gasteiger partial charge in [0.05, 0.1) is 6.10 Å². The Morgan fingerprint density at radius 3 is 2.64 bits per heavy atom. The van der Waals surface area contributed by atoms with Crippen LogP contribution in [0.2, 0.25) is 0 Å². The number of likely N-dealkylation sites (tertiary alicyclic amines) is 1. The fourth-order valence-electron chi connectivity index (χ4n) is 5.04. The number of ether oxygens (including phenoxy) is 2. The Balaban J connectivity index is 1.63. The van der Waals surface area contributed by atoms with Crippen molar-refractivity contribution in [3.8, 4) is 0 Å². The summed E-state index contributed by atoms with van der Waals surface area (Å²) in [6.45, 7) is 14.3. The molecule has 1 N–H and O–H groups in total. The molecule has 1 saturated carbocycles. The molecule has 5 atom stereocenters. The molecule has 0 aromatic rings. The standard InChI is InChI=1S/C20H36N2O3/c1-13-15(10-7-11-22(13)18(23)25-19(2,3)4)21-16-14-9-8-12-24-17(14)20(16,5)6/h13-17,21H,7-12H2,1-6H3. The van der Waals surface area contributed by atoms with Crippen molar-refractivity contribution < 1.29 is 14.3 Å².